The molecular formula is C22H24BO2S. The molecule has 2 aromatic rings. The van der Waals surface area contributed by atoms with Gasteiger partial charge in [-0.2, -0.15) is 0 Å². The second-order valence-corrected chi connectivity index (χ2v) is 9.30. The van der Waals surface area contributed by atoms with Crippen LogP contribution in [0.1, 0.15) is 39.2 Å². The standard InChI is InChI=1S/C22H24BO2S/c1-21(2,24)22(3,4)25-23-17-13-14-9-5-6-10-15(14)19-16-11-7-8-12-18(16)26-20(17)19/h5-13,16,18,24H,1-4H3. The molecular weight excluding hydrogens is 339 g/mol. The highest BCUT2D eigenvalue weighted by molar-refractivity contribution is 8.00. The normalized spacial score (nSPS) is 21.7. The number of rotatable bonds is 4. The Morgan fingerprint density at radius 2 is 1.81 bits per heavy atom. The van der Waals surface area contributed by atoms with Crippen LogP contribution in [0, 0.1) is 0 Å². The molecule has 1 radical (unpaired) electrons. The Morgan fingerprint density at radius 3 is 2.58 bits per heavy atom. The highest BCUT2D eigenvalue weighted by Gasteiger charge is 2.38. The molecule has 0 bridgehead atoms. The number of fused-ring (bicyclic) bond motifs is 5. The van der Waals surface area contributed by atoms with Gasteiger partial charge in [0.15, 0.2) is 0 Å². The molecule has 1 N–H and O–H groups in total. The molecule has 4 rings (SSSR count). The van der Waals surface area contributed by atoms with E-state index in [1.165, 1.54) is 21.2 Å². The first-order chi connectivity index (χ1) is 12.3. The van der Waals surface area contributed by atoms with Crippen LogP contribution in [0.5, 0.6) is 0 Å². The summed E-state index contributed by atoms with van der Waals surface area (Å²) in [6, 6.07) is 10.8. The van der Waals surface area contributed by atoms with Crippen LogP contribution in [0.25, 0.3) is 10.8 Å². The van der Waals surface area contributed by atoms with E-state index in [4.69, 9.17) is 4.65 Å². The molecule has 0 saturated carbocycles. The number of aliphatic hydroxyl groups is 1. The van der Waals surface area contributed by atoms with Gasteiger partial charge < -0.3 is 9.76 Å². The largest absolute Gasteiger partial charge is 0.427 e. The van der Waals surface area contributed by atoms with Gasteiger partial charge in [0.2, 0.25) is 0 Å². The number of thioether (sulfide) groups is 1. The molecule has 2 atom stereocenters. The van der Waals surface area contributed by atoms with Gasteiger partial charge >= 0.3 is 7.48 Å². The van der Waals surface area contributed by atoms with Crippen molar-refractivity contribution >= 4 is 35.5 Å². The van der Waals surface area contributed by atoms with E-state index in [0.29, 0.717) is 11.2 Å². The molecule has 26 heavy (non-hydrogen) atoms. The van der Waals surface area contributed by atoms with Gasteiger partial charge in [-0.15, -0.1) is 11.8 Å². The Morgan fingerprint density at radius 1 is 1.08 bits per heavy atom. The van der Waals surface area contributed by atoms with E-state index in [9.17, 15) is 5.11 Å². The molecule has 0 spiro atoms. The van der Waals surface area contributed by atoms with Gasteiger partial charge in [-0.05, 0) is 49.5 Å². The predicted molar refractivity (Wildman–Crippen MR) is 111 cm³/mol. The van der Waals surface area contributed by atoms with E-state index in [2.05, 4.69) is 54.6 Å². The van der Waals surface area contributed by atoms with Gasteiger partial charge in [0.1, 0.15) is 0 Å². The van der Waals surface area contributed by atoms with Crippen LogP contribution in [0.2, 0.25) is 0 Å². The minimum absolute atomic E-state index is 0.403. The van der Waals surface area contributed by atoms with Gasteiger partial charge in [0.05, 0.1) is 11.2 Å². The summed E-state index contributed by atoms with van der Waals surface area (Å²) in [5.74, 6) is 0.403. The maximum Gasteiger partial charge on any atom is 0.332 e. The number of hydrogen-bond acceptors (Lipinski definition) is 3. The summed E-state index contributed by atoms with van der Waals surface area (Å²) < 4.78 is 6.08. The Kier molecular flexibility index (Phi) is 4.34. The summed E-state index contributed by atoms with van der Waals surface area (Å²) in [6.45, 7) is 7.40. The van der Waals surface area contributed by atoms with Gasteiger partial charge in [0.25, 0.3) is 0 Å². The van der Waals surface area contributed by atoms with Crippen molar-refractivity contribution in [3.8, 4) is 0 Å². The molecule has 0 amide bonds. The fraction of sp³-hybridized carbons (Fsp3) is 0.364. The van der Waals surface area contributed by atoms with Crippen LogP contribution in [0.3, 0.4) is 0 Å². The third kappa shape index (κ3) is 2.94. The van der Waals surface area contributed by atoms with Crippen LogP contribution in [-0.4, -0.2) is 29.0 Å². The zero-order valence-electron chi connectivity index (χ0n) is 15.7. The lowest BCUT2D eigenvalue weighted by Gasteiger charge is -2.37. The second-order valence-electron chi connectivity index (χ2n) is 8.11. The summed E-state index contributed by atoms with van der Waals surface area (Å²) in [6.07, 6.45) is 8.88. The molecule has 2 unspecified atom stereocenters. The highest BCUT2D eigenvalue weighted by atomic mass is 32.2. The zero-order valence-corrected chi connectivity index (χ0v) is 16.5. The van der Waals surface area contributed by atoms with Crippen molar-refractivity contribution in [1.82, 2.24) is 0 Å². The van der Waals surface area contributed by atoms with Crippen LogP contribution in [-0.2, 0) is 4.65 Å². The SMILES string of the molecule is CC(C)(O)C(C)(C)O[B]c1cc2ccccc2c2c1SC1C=CC=CC21. The average molecular weight is 363 g/mol. The molecule has 2 aliphatic rings. The first-order valence-electron chi connectivity index (χ1n) is 9.09. The van der Waals surface area contributed by atoms with E-state index >= 15 is 0 Å². The zero-order chi connectivity index (χ0) is 18.5. The van der Waals surface area contributed by atoms with Crippen molar-refractivity contribution in [2.24, 2.45) is 0 Å². The van der Waals surface area contributed by atoms with Crippen LogP contribution in [0.15, 0.2) is 59.5 Å². The lowest BCUT2D eigenvalue weighted by molar-refractivity contribution is -0.0893. The van der Waals surface area contributed by atoms with Crippen LogP contribution in [0.4, 0.5) is 0 Å². The van der Waals surface area contributed by atoms with E-state index < -0.39 is 11.2 Å². The quantitative estimate of drug-likeness (QED) is 0.820. The van der Waals surface area contributed by atoms with Crippen LogP contribution >= 0.6 is 11.8 Å². The van der Waals surface area contributed by atoms with E-state index in [-0.39, 0.29) is 0 Å². The summed E-state index contributed by atoms with van der Waals surface area (Å²) >= 11 is 1.91. The average Bonchev–Trinajstić information content (AvgIpc) is 2.98. The molecule has 2 aromatic carbocycles. The Labute approximate surface area is 160 Å². The van der Waals surface area contributed by atoms with Crippen molar-refractivity contribution in [3.63, 3.8) is 0 Å². The fourth-order valence-corrected chi connectivity index (χ4v) is 4.81. The van der Waals surface area contributed by atoms with Gasteiger partial charge in [-0.1, -0.05) is 54.6 Å². The lowest BCUT2D eigenvalue weighted by atomic mass is 9.78. The molecule has 1 aliphatic carbocycles. The molecule has 2 nitrogen and oxygen atoms in total. The smallest absolute Gasteiger partial charge is 0.332 e. The van der Waals surface area contributed by atoms with E-state index in [1.54, 1.807) is 13.8 Å². The molecule has 4 heteroatoms. The first-order valence-corrected chi connectivity index (χ1v) is 9.96. The third-order valence-electron chi connectivity index (χ3n) is 5.69. The minimum atomic E-state index is -0.934. The molecule has 0 saturated heterocycles. The van der Waals surface area contributed by atoms with Crippen molar-refractivity contribution in [2.75, 3.05) is 0 Å². The summed E-state index contributed by atoms with van der Waals surface area (Å²) in [7, 11) is 1.83. The van der Waals surface area contributed by atoms with E-state index in [0.717, 1.165) is 5.46 Å². The Bertz CT molecular complexity index is 908. The van der Waals surface area contributed by atoms with Gasteiger partial charge in [0, 0.05) is 16.1 Å². The van der Waals surface area contributed by atoms with Crippen molar-refractivity contribution in [1.29, 1.82) is 0 Å². The van der Waals surface area contributed by atoms with Gasteiger partial charge in [-0.3, -0.25) is 0 Å². The molecule has 1 heterocycles. The molecule has 0 aromatic heterocycles. The summed E-state index contributed by atoms with van der Waals surface area (Å²) in [4.78, 5) is 1.29. The van der Waals surface area contributed by atoms with Crippen molar-refractivity contribution in [2.45, 2.75) is 55.0 Å². The molecule has 1 aliphatic heterocycles. The first kappa shape index (κ1) is 17.9. The second kappa shape index (κ2) is 6.30. The Balaban J connectivity index is 1.78. The summed E-state index contributed by atoms with van der Waals surface area (Å²) in [5.41, 5.74) is 0.879. The maximum atomic E-state index is 10.4. The maximum absolute atomic E-state index is 10.4. The number of hydrogen-bond donors (Lipinski definition) is 1. The Hall–Kier alpha value is -1.49. The van der Waals surface area contributed by atoms with Crippen LogP contribution < -0.4 is 5.46 Å². The van der Waals surface area contributed by atoms with Gasteiger partial charge in [-0.25, -0.2) is 0 Å². The summed E-state index contributed by atoms with van der Waals surface area (Å²) in [5, 5.41) is 13.4. The predicted octanol–water partition coefficient (Wildman–Crippen LogP) is 4.33. The number of allylic oxidation sites excluding steroid dienone is 3. The minimum Gasteiger partial charge on any atom is -0.427 e. The molecule has 0 fully saturated rings. The van der Waals surface area contributed by atoms with Crippen molar-refractivity contribution < 1.29 is 9.76 Å². The van der Waals surface area contributed by atoms with E-state index in [1.807, 2.05) is 33.1 Å². The molecule has 133 valence electrons. The van der Waals surface area contributed by atoms with Crippen molar-refractivity contribution in [3.05, 3.63) is 60.2 Å². The monoisotopic (exact) mass is 363 g/mol. The highest BCUT2D eigenvalue weighted by Crippen LogP contribution is 2.49. The fourth-order valence-electron chi connectivity index (χ4n) is 3.38. The lowest BCUT2D eigenvalue weighted by Crippen LogP contribution is -2.49. The third-order valence-corrected chi connectivity index (χ3v) is 7.11. The topological polar surface area (TPSA) is 29.5 Å². The number of benzene rings is 2.